The van der Waals surface area contributed by atoms with Crippen LogP contribution in [0.5, 0.6) is 0 Å². The van der Waals surface area contributed by atoms with Crippen molar-refractivity contribution in [3.05, 3.63) is 0 Å². The van der Waals surface area contributed by atoms with Crippen molar-refractivity contribution in [2.24, 2.45) is 0 Å². The van der Waals surface area contributed by atoms with Crippen LogP contribution in [0.1, 0.15) is 96.8 Å². The summed E-state index contributed by atoms with van der Waals surface area (Å²) in [5.74, 6) is -2.74. The molecule has 144 valence electrons. The van der Waals surface area contributed by atoms with Gasteiger partial charge in [0.1, 0.15) is 0 Å². The molecular formula is C16H37Na2O6P. The van der Waals surface area contributed by atoms with Crippen LogP contribution >= 0.6 is 7.82 Å². The fourth-order valence-electron chi connectivity index (χ4n) is 2.61. The Kier molecular flexibility index (Phi) is 24.5. The molecule has 25 heavy (non-hydrogen) atoms. The Labute approximate surface area is 197 Å². The summed E-state index contributed by atoms with van der Waals surface area (Å²) in [6.45, 7) is 2.23. The summed E-state index contributed by atoms with van der Waals surface area (Å²) in [6.07, 6.45) is 14.9. The van der Waals surface area contributed by atoms with Crippen LogP contribution in [-0.4, -0.2) is 85.1 Å². The molecule has 0 rings (SSSR count). The van der Waals surface area contributed by atoms with Gasteiger partial charge in [-0.1, -0.05) is 84.0 Å². The minimum atomic E-state index is -4.87. The molecule has 0 aromatic heterocycles. The van der Waals surface area contributed by atoms with Crippen molar-refractivity contribution in [2.75, 3.05) is 0 Å². The first kappa shape index (κ1) is 31.7. The van der Waals surface area contributed by atoms with Crippen LogP contribution in [0.3, 0.4) is 0 Å². The van der Waals surface area contributed by atoms with E-state index in [-0.39, 0.29) is 65.5 Å². The van der Waals surface area contributed by atoms with E-state index in [0.717, 1.165) is 19.3 Å². The van der Waals surface area contributed by atoms with Gasteiger partial charge in [-0.3, -0.25) is 0 Å². The number of aliphatic hydroxyl groups is 2. The second-order valence-corrected chi connectivity index (χ2v) is 7.48. The first-order valence-corrected chi connectivity index (χ1v) is 10.5. The Hall–Kier alpha value is 2.03. The molecular weight excluding hydrogens is 365 g/mol. The molecule has 0 bridgehead atoms. The molecule has 0 fully saturated rings. The molecule has 9 heteroatoms. The number of phosphoric acid groups is 1. The van der Waals surface area contributed by atoms with Crippen molar-refractivity contribution in [2.45, 2.75) is 103 Å². The van der Waals surface area contributed by atoms with E-state index in [9.17, 15) is 14.8 Å². The maximum absolute atomic E-state index is 10.5. The molecule has 0 heterocycles. The van der Waals surface area contributed by atoms with Crippen LogP contribution in [-0.2, 0) is 9.09 Å². The van der Waals surface area contributed by atoms with Crippen molar-refractivity contribution in [1.82, 2.24) is 0 Å². The fraction of sp³-hybridized carbons (Fsp3) is 1.00. The third-order valence-electron chi connectivity index (χ3n) is 3.87. The van der Waals surface area contributed by atoms with E-state index in [2.05, 4.69) is 11.4 Å². The van der Waals surface area contributed by atoms with Gasteiger partial charge in [-0.25, -0.2) is 9.09 Å². The average Bonchev–Trinajstić information content (AvgIpc) is 2.41. The molecule has 0 amide bonds. The summed E-state index contributed by atoms with van der Waals surface area (Å²) < 4.78 is 14.4. The van der Waals surface area contributed by atoms with E-state index < -0.39 is 13.8 Å². The molecule has 6 nitrogen and oxygen atoms in total. The zero-order valence-corrected chi connectivity index (χ0v) is 15.3. The Morgan fingerprint density at radius 2 is 1.04 bits per heavy atom. The number of unbranched alkanes of at least 4 members (excludes halogenated alkanes) is 12. The predicted molar refractivity (Wildman–Crippen MR) is 105 cm³/mol. The van der Waals surface area contributed by atoms with Crippen LogP contribution in [0.15, 0.2) is 0 Å². The molecule has 0 saturated heterocycles. The van der Waals surface area contributed by atoms with Crippen molar-refractivity contribution < 1.29 is 29.1 Å². The summed E-state index contributed by atoms with van der Waals surface area (Å²) in [5, 5.41) is 18.5. The minimum absolute atomic E-state index is 0. The van der Waals surface area contributed by atoms with Gasteiger partial charge in [-0.2, -0.15) is 0 Å². The first-order valence-electron chi connectivity index (χ1n) is 8.98. The SMILES string of the molecule is CCCCCCCCCCCCCCCC(O)(O)OP(=O)(O)O.[NaH].[NaH]. The molecule has 0 atom stereocenters. The van der Waals surface area contributed by atoms with E-state index in [1.807, 2.05) is 0 Å². The average molecular weight is 402 g/mol. The molecule has 4 N–H and O–H groups in total. The normalized spacial score (nSPS) is 11.7. The molecule has 0 unspecified atom stereocenters. The molecule has 0 aliphatic carbocycles. The summed E-state index contributed by atoms with van der Waals surface area (Å²) in [6, 6.07) is 0. The maximum atomic E-state index is 10.5. The Morgan fingerprint density at radius 1 is 0.720 bits per heavy atom. The van der Waals surface area contributed by atoms with Crippen LogP contribution in [0.2, 0.25) is 0 Å². The van der Waals surface area contributed by atoms with E-state index in [1.54, 1.807) is 0 Å². The molecule has 0 saturated carbocycles. The fourth-order valence-corrected chi connectivity index (χ4v) is 3.08. The quantitative estimate of drug-likeness (QED) is 0.137. The first-order chi connectivity index (χ1) is 10.8. The Morgan fingerprint density at radius 3 is 1.36 bits per heavy atom. The van der Waals surface area contributed by atoms with Gasteiger partial charge in [-0.15, -0.1) is 0 Å². The van der Waals surface area contributed by atoms with E-state index in [1.165, 1.54) is 57.8 Å². The van der Waals surface area contributed by atoms with Crippen LogP contribution in [0.4, 0.5) is 0 Å². The summed E-state index contributed by atoms with van der Waals surface area (Å²) in [7, 11) is -4.87. The van der Waals surface area contributed by atoms with Gasteiger partial charge >= 0.3 is 66.9 Å². The second kappa shape index (κ2) is 19.4. The van der Waals surface area contributed by atoms with Gasteiger partial charge in [0.25, 0.3) is 5.97 Å². The molecule has 0 spiro atoms. The summed E-state index contributed by atoms with van der Waals surface area (Å²) in [5.41, 5.74) is 0. The van der Waals surface area contributed by atoms with Crippen molar-refractivity contribution in [3.8, 4) is 0 Å². The molecule has 0 aromatic carbocycles. The third-order valence-corrected chi connectivity index (χ3v) is 4.40. The van der Waals surface area contributed by atoms with Gasteiger partial charge in [0.05, 0.1) is 0 Å². The molecule has 0 aliphatic heterocycles. The van der Waals surface area contributed by atoms with E-state index in [0.29, 0.717) is 6.42 Å². The van der Waals surface area contributed by atoms with Gasteiger partial charge < -0.3 is 20.0 Å². The van der Waals surface area contributed by atoms with Crippen molar-refractivity contribution in [3.63, 3.8) is 0 Å². The molecule has 0 radical (unpaired) electrons. The Balaban J connectivity index is -0.00000242. The Bertz CT molecular complexity index is 326. The zero-order valence-electron chi connectivity index (χ0n) is 14.5. The molecule has 0 aliphatic rings. The monoisotopic (exact) mass is 402 g/mol. The van der Waals surface area contributed by atoms with E-state index in [4.69, 9.17) is 9.79 Å². The summed E-state index contributed by atoms with van der Waals surface area (Å²) in [4.78, 5) is 17.1. The number of rotatable bonds is 16. The molecule has 0 aromatic rings. The van der Waals surface area contributed by atoms with Crippen LogP contribution in [0, 0.1) is 0 Å². The number of phosphoric ester groups is 1. The predicted octanol–water partition coefficient (Wildman–Crippen LogP) is 2.92. The van der Waals surface area contributed by atoms with Crippen molar-refractivity contribution >= 4 is 66.9 Å². The van der Waals surface area contributed by atoms with Gasteiger partial charge in [0, 0.05) is 6.42 Å². The van der Waals surface area contributed by atoms with Crippen LogP contribution < -0.4 is 0 Å². The van der Waals surface area contributed by atoms with Gasteiger partial charge in [-0.05, 0) is 6.42 Å². The van der Waals surface area contributed by atoms with Gasteiger partial charge in [0.15, 0.2) is 0 Å². The van der Waals surface area contributed by atoms with E-state index >= 15 is 0 Å². The zero-order chi connectivity index (χ0) is 17.6. The van der Waals surface area contributed by atoms with Crippen molar-refractivity contribution in [1.29, 1.82) is 0 Å². The van der Waals surface area contributed by atoms with Gasteiger partial charge in [0.2, 0.25) is 0 Å². The number of hydrogen-bond acceptors (Lipinski definition) is 4. The topological polar surface area (TPSA) is 107 Å². The standard InChI is InChI=1S/C16H35O6P.2Na.2H/c1-2-3-4-5-6-7-8-9-10-11-12-13-14-15-16(17,18)22-23(19,20)21;;;;/h17-18H,2-15H2,1H3,(H2,19,20,21);;;;. The third kappa shape index (κ3) is 26.0. The number of hydrogen-bond donors (Lipinski definition) is 4. The summed E-state index contributed by atoms with van der Waals surface area (Å²) >= 11 is 0. The second-order valence-electron chi connectivity index (χ2n) is 6.32. The van der Waals surface area contributed by atoms with Crippen LogP contribution in [0.25, 0.3) is 0 Å².